The normalized spacial score (nSPS) is 11.4. The molecule has 1 heterocycles. The summed E-state index contributed by atoms with van der Waals surface area (Å²) in [6.07, 6.45) is 1.68. The standard InChI is InChI=1S/C21H18N4OS/c1-25-19-12-5-4-11-18(19)23-21(25)27-14-20(26)24-22-13-16-9-6-8-15-7-2-3-10-17(15)16/h2-13H,14H2,1H3,(H,24,26)/b22-13+. The Morgan fingerprint density at radius 1 is 1.11 bits per heavy atom. The summed E-state index contributed by atoms with van der Waals surface area (Å²) in [5.74, 6) is 0.0906. The van der Waals surface area contributed by atoms with Crippen molar-refractivity contribution in [2.45, 2.75) is 5.16 Å². The number of thioether (sulfide) groups is 1. The van der Waals surface area contributed by atoms with Gasteiger partial charge >= 0.3 is 0 Å². The third-order valence-electron chi connectivity index (χ3n) is 4.29. The minimum Gasteiger partial charge on any atom is -0.322 e. The Hall–Kier alpha value is -3.12. The number of fused-ring (bicyclic) bond motifs is 2. The summed E-state index contributed by atoms with van der Waals surface area (Å²) in [6.45, 7) is 0. The van der Waals surface area contributed by atoms with Crippen LogP contribution in [-0.4, -0.2) is 27.4 Å². The zero-order valence-electron chi connectivity index (χ0n) is 14.8. The summed E-state index contributed by atoms with van der Waals surface area (Å²) in [6, 6.07) is 22.0. The topological polar surface area (TPSA) is 59.3 Å². The van der Waals surface area contributed by atoms with Crippen LogP contribution in [0.15, 0.2) is 77.0 Å². The van der Waals surface area contributed by atoms with E-state index >= 15 is 0 Å². The monoisotopic (exact) mass is 374 g/mol. The molecule has 5 nitrogen and oxygen atoms in total. The van der Waals surface area contributed by atoms with Crippen LogP contribution in [0.4, 0.5) is 0 Å². The molecule has 0 aliphatic rings. The number of nitrogens with one attached hydrogen (secondary N) is 1. The van der Waals surface area contributed by atoms with Gasteiger partial charge in [-0.05, 0) is 22.9 Å². The lowest BCUT2D eigenvalue weighted by molar-refractivity contribution is -0.118. The van der Waals surface area contributed by atoms with Crippen LogP contribution in [0.1, 0.15) is 5.56 Å². The molecular formula is C21H18N4OS. The van der Waals surface area contributed by atoms with E-state index in [0.717, 1.165) is 32.5 Å². The largest absolute Gasteiger partial charge is 0.322 e. The third kappa shape index (κ3) is 3.71. The molecule has 0 aliphatic carbocycles. The van der Waals surface area contributed by atoms with Crippen molar-refractivity contribution >= 4 is 45.7 Å². The van der Waals surface area contributed by atoms with E-state index < -0.39 is 0 Å². The smallest absolute Gasteiger partial charge is 0.250 e. The number of amides is 1. The van der Waals surface area contributed by atoms with Gasteiger partial charge < -0.3 is 4.57 Å². The number of hydrazone groups is 1. The number of rotatable bonds is 5. The average molecular weight is 374 g/mol. The predicted octanol–water partition coefficient (Wildman–Crippen LogP) is 3.97. The molecule has 0 aliphatic heterocycles. The van der Waals surface area contributed by atoms with E-state index in [1.54, 1.807) is 6.21 Å². The number of para-hydroxylation sites is 2. The third-order valence-corrected chi connectivity index (χ3v) is 5.32. The van der Waals surface area contributed by atoms with Crippen LogP contribution >= 0.6 is 11.8 Å². The minimum atomic E-state index is -0.163. The Morgan fingerprint density at radius 2 is 1.89 bits per heavy atom. The van der Waals surface area contributed by atoms with Crippen molar-refractivity contribution in [2.75, 3.05) is 5.75 Å². The predicted molar refractivity (Wildman–Crippen MR) is 111 cm³/mol. The highest BCUT2D eigenvalue weighted by molar-refractivity contribution is 7.99. The van der Waals surface area contributed by atoms with Crippen LogP contribution in [0, 0.1) is 0 Å². The van der Waals surface area contributed by atoms with Crippen LogP contribution in [0.5, 0.6) is 0 Å². The maximum Gasteiger partial charge on any atom is 0.250 e. The number of benzene rings is 3. The maximum absolute atomic E-state index is 12.1. The summed E-state index contributed by atoms with van der Waals surface area (Å²) in [4.78, 5) is 16.7. The molecule has 27 heavy (non-hydrogen) atoms. The fourth-order valence-electron chi connectivity index (χ4n) is 2.95. The van der Waals surface area contributed by atoms with E-state index in [1.165, 1.54) is 11.8 Å². The van der Waals surface area contributed by atoms with Crippen LogP contribution in [0.3, 0.4) is 0 Å². The molecule has 0 fully saturated rings. The van der Waals surface area contributed by atoms with Gasteiger partial charge in [0.1, 0.15) is 0 Å². The van der Waals surface area contributed by atoms with Gasteiger partial charge in [-0.25, -0.2) is 10.4 Å². The zero-order valence-corrected chi connectivity index (χ0v) is 15.6. The van der Waals surface area contributed by atoms with Crippen LogP contribution in [0.2, 0.25) is 0 Å². The van der Waals surface area contributed by atoms with E-state index in [9.17, 15) is 4.79 Å². The molecule has 3 aromatic carbocycles. The van der Waals surface area contributed by atoms with Crippen molar-refractivity contribution in [1.82, 2.24) is 15.0 Å². The number of imidazole rings is 1. The summed E-state index contributed by atoms with van der Waals surface area (Å²) in [7, 11) is 1.95. The fourth-order valence-corrected chi connectivity index (χ4v) is 3.73. The lowest BCUT2D eigenvalue weighted by Gasteiger charge is -2.03. The Kier molecular flexibility index (Phi) is 4.89. The van der Waals surface area contributed by atoms with Crippen molar-refractivity contribution in [2.24, 2.45) is 12.1 Å². The van der Waals surface area contributed by atoms with Gasteiger partial charge in [-0.3, -0.25) is 4.79 Å². The molecule has 0 unspecified atom stereocenters. The second kappa shape index (κ2) is 7.63. The highest BCUT2D eigenvalue weighted by Crippen LogP contribution is 2.22. The Bertz CT molecular complexity index is 1140. The van der Waals surface area contributed by atoms with E-state index in [2.05, 4.69) is 27.6 Å². The van der Waals surface area contributed by atoms with Gasteiger partial charge in [0.25, 0.3) is 5.91 Å². The van der Waals surface area contributed by atoms with Gasteiger partial charge in [-0.1, -0.05) is 66.4 Å². The van der Waals surface area contributed by atoms with Crippen molar-refractivity contribution in [1.29, 1.82) is 0 Å². The van der Waals surface area contributed by atoms with E-state index in [1.807, 2.05) is 66.2 Å². The number of hydrogen-bond donors (Lipinski definition) is 1. The Morgan fingerprint density at radius 3 is 2.78 bits per heavy atom. The molecule has 0 atom stereocenters. The van der Waals surface area contributed by atoms with Gasteiger partial charge in [0.15, 0.2) is 5.16 Å². The molecule has 4 rings (SSSR count). The molecule has 1 aromatic heterocycles. The quantitative estimate of drug-likeness (QED) is 0.327. The van der Waals surface area contributed by atoms with Gasteiger partial charge in [-0.2, -0.15) is 5.10 Å². The highest BCUT2D eigenvalue weighted by atomic mass is 32.2. The van der Waals surface area contributed by atoms with Gasteiger partial charge in [-0.15, -0.1) is 0 Å². The minimum absolute atomic E-state index is 0.163. The van der Waals surface area contributed by atoms with Crippen molar-refractivity contribution in [3.63, 3.8) is 0 Å². The van der Waals surface area contributed by atoms with Crippen molar-refractivity contribution in [3.05, 3.63) is 72.3 Å². The number of hydrogen-bond acceptors (Lipinski definition) is 4. The molecule has 1 amide bonds. The second-order valence-corrected chi connectivity index (χ2v) is 7.03. The summed E-state index contributed by atoms with van der Waals surface area (Å²) < 4.78 is 1.99. The molecule has 0 radical (unpaired) electrons. The van der Waals surface area contributed by atoms with E-state index in [0.29, 0.717) is 0 Å². The Balaban J connectivity index is 1.39. The summed E-state index contributed by atoms with van der Waals surface area (Å²) >= 11 is 1.40. The average Bonchev–Trinajstić information content (AvgIpc) is 3.03. The first-order valence-corrected chi connectivity index (χ1v) is 9.55. The van der Waals surface area contributed by atoms with Crippen LogP contribution in [0.25, 0.3) is 21.8 Å². The van der Waals surface area contributed by atoms with Crippen molar-refractivity contribution < 1.29 is 4.79 Å². The molecule has 0 saturated carbocycles. The number of carbonyl (C=O) groups is 1. The zero-order chi connectivity index (χ0) is 18.6. The summed E-state index contributed by atoms with van der Waals surface area (Å²) in [5, 5.41) is 7.16. The van der Waals surface area contributed by atoms with Crippen molar-refractivity contribution in [3.8, 4) is 0 Å². The van der Waals surface area contributed by atoms with Gasteiger partial charge in [0.2, 0.25) is 0 Å². The molecule has 0 bridgehead atoms. The lowest BCUT2D eigenvalue weighted by atomic mass is 10.1. The molecule has 4 aromatic rings. The Labute approximate surface area is 161 Å². The molecule has 6 heteroatoms. The maximum atomic E-state index is 12.1. The molecule has 0 spiro atoms. The fraction of sp³-hybridized carbons (Fsp3) is 0.0952. The molecule has 134 valence electrons. The molecule has 1 N–H and O–H groups in total. The van der Waals surface area contributed by atoms with E-state index in [-0.39, 0.29) is 11.7 Å². The van der Waals surface area contributed by atoms with Gasteiger partial charge in [0.05, 0.1) is 23.0 Å². The number of aromatic nitrogens is 2. The molecular weight excluding hydrogens is 356 g/mol. The van der Waals surface area contributed by atoms with E-state index in [4.69, 9.17) is 0 Å². The SMILES string of the molecule is Cn1c(SCC(=O)N/N=C/c2cccc3ccccc23)nc2ccccc21. The number of aryl methyl sites for hydroxylation is 1. The second-order valence-electron chi connectivity index (χ2n) is 6.09. The molecule has 0 saturated heterocycles. The highest BCUT2D eigenvalue weighted by Gasteiger charge is 2.09. The number of nitrogens with zero attached hydrogens (tertiary/aromatic N) is 3. The first kappa shape index (κ1) is 17.3. The van der Waals surface area contributed by atoms with Gasteiger partial charge in [0, 0.05) is 12.6 Å². The first-order chi connectivity index (χ1) is 13.2. The van der Waals surface area contributed by atoms with Crippen LogP contribution in [-0.2, 0) is 11.8 Å². The summed E-state index contributed by atoms with van der Waals surface area (Å²) in [5.41, 5.74) is 5.54. The number of carbonyl (C=O) groups excluding carboxylic acids is 1. The lowest BCUT2D eigenvalue weighted by Crippen LogP contribution is -2.19. The van der Waals surface area contributed by atoms with Crippen LogP contribution < -0.4 is 5.43 Å². The first-order valence-electron chi connectivity index (χ1n) is 8.56.